The number of nitrogens with zero attached hydrogens (tertiary/aromatic N) is 4. The maximum atomic E-state index is 4.93. The fraction of sp³-hybridized carbons (Fsp3) is 0.565. The third kappa shape index (κ3) is 6.32. The quantitative estimate of drug-likeness (QED) is 0.388. The first-order valence-corrected chi connectivity index (χ1v) is 11.0. The van der Waals surface area contributed by atoms with Crippen LogP contribution >= 0.6 is 0 Å². The highest BCUT2D eigenvalue weighted by Gasteiger charge is 2.23. The van der Waals surface area contributed by atoms with Crippen LogP contribution in [0.1, 0.15) is 49.2 Å². The smallest absolute Gasteiger partial charge is 0.191 e. The first kappa shape index (κ1) is 21.4. The molecular weight excluding hydrogens is 360 g/mol. The SMILES string of the molecule is CCNC(=NCC(c1ccccc1)N1CCCC1)NCCCn1nc(C)cc1C. The molecule has 0 bridgehead atoms. The summed E-state index contributed by atoms with van der Waals surface area (Å²) in [5, 5.41) is 11.4. The van der Waals surface area contributed by atoms with E-state index in [0.717, 1.165) is 44.3 Å². The molecule has 0 amide bonds. The molecule has 1 aromatic heterocycles. The zero-order chi connectivity index (χ0) is 20.5. The number of rotatable bonds is 9. The highest BCUT2D eigenvalue weighted by atomic mass is 15.3. The zero-order valence-corrected chi connectivity index (χ0v) is 18.2. The number of hydrogen-bond acceptors (Lipinski definition) is 3. The standard InChI is InChI=1S/C23H36N6/c1-4-24-23(25-13-10-16-29-20(3)17-19(2)27-29)26-18-22(28-14-8-9-15-28)21-11-6-5-7-12-21/h5-7,11-12,17,22H,4,8-10,13-16,18H2,1-3H3,(H2,24,25,26). The first-order valence-electron chi connectivity index (χ1n) is 11.0. The molecule has 29 heavy (non-hydrogen) atoms. The van der Waals surface area contributed by atoms with Crippen molar-refractivity contribution in [1.29, 1.82) is 0 Å². The Kier molecular flexibility index (Phi) is 8.11. The molecule has 1 aliphatic heterocycles. The Bertz CT molecular complexity index is 761. The number of aromatic nitrogens is 2. The maximum absolute atomic E-state index is 4.93. The predicted molar refractivity (Wildman–Crippen MR) is 120 cm³/mol. The molecule has 2 heterocycles. The highest BCUT2D eigenvalue weighted by molar-refractivity contribution is 5.79. The second-order valence-corrected chi connectivity index (χ2v) is 7.82. The molecule has 1 aromatic carbocycles. The summed E-state index contributed by atoms with van der Waals surface area (Å²) in [4.78, 5) is 7.51. The van der Waals surface area contributed by atoms with Crippen molar-refractivity contribution in [2.24, 2.45) is 4.99 Å². The molecule has 2 N–H and O–H groups in total. The van der Waals surface area contributed by atoms with Gasteiger partial charge in [-0.3, -0.25) is 14.6 Å². The van der Waals surface area contributed by atoms with E-state index in [1.165, 1.54) is 37.2 Å². The molecule has 6 heteroatoms. The summed E-state index contributed by atoms with van der Waals surface area (Å²) >= 11 is 0. The van der Waals surface area contributed by atoms with Crippen LogP contribution < -0.4 is 10.6 Å². The van der Waals surface area contributed by atoms with Crippen molar-refractivity contribution in [2.45, 2.75) is 52.6 Å². The lowest BCUT2D eigenvalue weighted by molar-refractivity contribution is 0.251. The molecule has 3 rings (SSSR count). The van der Waals surface area contributed by atoms with Gasteiger partial charge in [0.05, 0.1) is 18.3 Å². The molecule has 0 saturated carbocycles. The number of aliphatic imine (C=N–C) groups is 1. The van der Waals surface area contributed by atoms with E-state index < -0.39 is 0 Å². The Morgan fingerprint density at radius 1 is 1.14 bits per heavy atom. The molecule has 6 nitrogen and oxygen atoms in total. The van der Waals surface area contributed by atoms with E-state index in [2.05, 4.69) is 75.6 Å². The summed E-state index contributed by atoms with van der Waals surface area (Å²) < 4.78 is 2.08. The van der Waals surface area contributed by atoms with Crippen LogP contribution in [0.25, 0.3) is 0 Å². The summed E-state index contributed by atoms with van der Waals surface area (Å²) in [5.41, 5.74) is 3.66. The predicted octanol–water partition coefficient (Wildman–Crippen LogP) is 3.28. The average Bonchev–Trinajstić information content (AvgIpc) is 3.36. The minimum atomic E-state index is 0.351. The molecule has 1 fully saturated rings. The first-order chi connectivity index (χ1) is 14.2. The number of guanidine groups is 1. The fourth-order valence-corrected chi connectivity index (χ4v) is 4.02. The second-order valence-electron chi connectivity index (χ2n) is 7.82. The van der Waals surface area contributed by atoms with Crippen molar-refractivity contribution >= 4 is 5.96 Å². The van der Waals surface area contributed by atoms with Crippen molar-refractivity contribution in [2.75, 3.05) is 32.7 Å². The molecule has 2 aromatic rings. The molecule has 1 aliphatic rings. The van der Waals surface area contributed by atoms with E-state index in [4.69, 9.17) is 4.99 Å². The van der Waals surface area contributed by atoms with Crippen molar-refractivity contribution in [1.82, 2.24) is 25.3 Å². The topological polar surface area (TPSA) is 57.5 Å². The van der Waals surface area contributed by atoms with Crippen LogP contribution in [0.4, 0.5) is 0 Å². The Morgan fingerprint density at radius 3 is 2.55 bits per heavy atom. The van der Waals surface area contributed by atoms with Crippen LogP contribution in [0.15, 0.2) is 41.4 Å². The van der Waals surface area contributed by atoms with Crippen molar-refractivity contribution in [3.8, 4) is 0 Å². The Labute approximate surface area is 175 Å². The number of benzene rings is 1. The maximum Gasteiger partial charge on any atom is 0.191 e. The number of likely N-dealkylation sites (tertiary alicyclic amines) is 1. The third-order valence-corrected chi connectivity index (χ3v) is 5.47. The lowest BCUT2D eigenvalue weighted by Gasteiger charge is -2.27. The molecule has 1 unspecified atom stereocenters. The third-order valence-electron chi connectivity index (χ3n) is 5.47. The van der Waals surface area contributed by atoms with Crippen molar-refractivity contribution < 1.29 is 0 Å². The van der Waals surface area contributed by atoms with E-state index in [1.54, 1.807) is 0 Å². The van der Waals surface area contributed by atoms with Gasteiger partial charge in [-0.25, -0.2) is 0 Å². The summed E-state index contributed by atoms with van der Waals surface area (Å²) in [6, 6.07) is 13.3. The van der Waals surface area contributed by atoms with Crippen LogP contribution in [0.5, 0.6) is 0 Å². The van der Waals surface area contributed by atoms with E-state index in [1.807, 2.05) is 6.92 Å². The molecular formula is C23H36N6. The zero-order valence-electron chi connectivity index (χ0n) is 18.2. The van der Waals surface area contributed by atoms with Crippen LogP contribution in [0, 0.1) is 13.8 Å². The highest BCUT2D eigenvalue weighted by Crippen LogP contribution is 2.25. The second kappa shape index (κ2) is 11.0. The summed E-state index contributed by atoms with van der Waals surface area (Å²) in [6.45, 7) is 12.0. The average molecular weight is 397 g/mol. The molecule has 0 aliphatic carbocycles. The molecule has 1 saturated heterocycles. The summed E-state index contributed by atoms with van der Waals surface area (Å²) in [7, 11) is 0. The van der Waals surface area contributed by atoms with Gasteiger partial charge in [0.2, 0.25) is 0 Å². The van der Waals surface area contributed by atoms with Crippen molar-refractivity contribution in [3.63, 3.8) is 0 Å². The van der Waals surface area contributed by atoms with Crippen LogP contribution in [-0.4, -0.2) is 53.4 Å². The van der Waals surface area contributed by atoms with Gasteiger partial charge in [-0.05, 0) is 64.8 Å². The normalized spacial score (nSPS) is 16.2. The van der Waals surface area contributed by atoms with Gasteiger partial charge in [-0.15, -0.1) is 0 Å². The van der Waals surface area contributed by atoms with Crippen LogP contribution in [0.2, 0.25) is 0 Å². The minimum absolute atomic E-state index is 0.351. The Balaban J connectivity index is 1.56. The van der Waals surface area contributed by atoms with Gasteiger partial charge in [0.1, 0.15) is 0 Å². The molecule has 0 spiro atoms. The van der Waals surface area contributed by atoms with Crippen LogP contribution in [0.3, 0.4) is 0 Å². The largest absolute Gasteiger partial charge is 0.357 e. The van der Waals surface area contributed by atoms with Gasteiger partial charge in [0.25, 0.3) is 0 Å². The number of aryl methyl sites for hydroxylation is 3. The van der Waals surface area contributed by atoms with E-state index >= 15 is 0 Å². The van der Waals surface area contributed by atoms with Gasteiger partial charge in [0.15, 0.2) is 5.96 Å². The lowest BCUT2D eigenvalue weighted by atomic mass is 10.1. The van der Waals surface area contributed by atoms with E-state index in [-0.39, 0.29) is 0 Å². The van der Waals surface area contributed by atoms with Gasteiger partial charge in [-0.1, -0.05) is 30.3 Å². The van der Waals surface area contributed by atoms with Gasteiger partial charge < -0.3 is 10.6 Å². The van der Waals surface area contributed by atoms with Gasteiger partial charge in [-0.2, -0.15) is 5.10 Å². The van der Waals surface area contributed by atoms with Crippen LogP contribution in [-0.2, 0) is 6.54 Å². The molecule has 1 atom stereocenters. The van der Waals surface area contributed by atoms with Gasteiger partial charge >= 0.3 is 0 Å². The van der Waals surface area contributed by atoms with Crippen molar-refractivity contribution in [3.05, 3.63) is 53.3 Å². The van der Waals surface area contributed by atoms with E-state index in [0.29, 0.717) is 6.04 Å². The Morgan fingerprint density at radius 2 is 1.90 bits per heavy atom. The lowest BCUT2D eigenvalue weighted by Crippen LogP contribution is -2.39. The van der Waals surface area contributed by atoms with Gasteiger partial charge in [0, 0.05) is 25.3 Å². The number of nitrogens with one attached hydrogen (secondary N) is 2. The molecule has 158 valence electrons. The summed E-state index contributed by atoms with van der Waals surface area (Å²) in [5.74, 6) is 0.904. The minimum Gasteiger partial charge on any atom is -0.357 e. The number of hydrogen-bond donors (Lipinski definition) is 2. The van der Waals surface area contributed by atoms with E-state index in [9.17, 15) is 0 Å². The monoisotopic (exact) mass is 396 g/mol. The summed E-state index contributed by atoms with van der Waals surface area (Å²) in [6.07, 6.45) is 3.59. The fourth-order valence-electron chi connectivity index (χ4n) is 4.02. The Hall–Kier alpha value is -2.34. The molecule has 0 radical (unpaired) electrons.